The minimum atomic E-state index is -4.26. The maximum absolute atomic E-state index is 13.2. The van der Waals surface area contributed by atoms with Gasteiger partial charge in [0.1, 0.15) is 23.0 Å². The molecule has 0 saturated carbocycles. The topological polar surface area (TPSA) is 132 Å². The van der Waals surface area contributed by atoms with Crippen LogP contribution >= 0.6 is 0 Å². The molecule has 0 saturated heterocycles. The summed E-state index contributed by atoms with van der Waals surface area (Å²) in [6.07, 6.45) is 1.49. The number of methoxy groups -OCH3 is 1. The van der Waals surface area contributed by atoms with Crippen LogP contribution in [0.25, 0.3) is 0 Å². The van der Waals surface area contributed by atoms with E-state index in [0.717, 1.165) is 11.6 Å². The number of ether oxygens (including phenoxy) is 2. The number of non-ortho nitro benzene ring substituents is 1. The van der Waals surface area contributed by atoms with Gasteiger partial charge in [0, 0.05) is 12.1 Å². The summed E-state index contributed by atoms with van der Waals surface area (Å²) < 4.78 is 39.9. The van der Waals surface area contributed by atoms with Gasteiger partial charge >= 0.3 is 0 Å². The number of hydrogen-bond acceptors (Lipinski definition) is 8. The minimum Gasteiger partial charge on any atom is -0.495 e. The fraction of sp³-hybridized carbons (Fsp3) is 0.0741. The first-order chi connectivity index (χ1) is 18.4. The molecule has 2 N–H and O–H groups in total. The second-order valence-corrected chi connectivity index (χ2v) is 9.61. The second-order valence-electron chi connectivity index (χ2n) is 7.96. The first-order valence-corrected chi connectivity index (χ1v) is 12.8. The molecule has 194 valence electrons. The zero-order valence-corrected chi connectivity index (χ0v) is 21.1. The van der Waals surface area contributed by atoms with E-state index in [1.807, 2.05) is 36.4 Å². The highest BCUT2D eigenvalue weighted by molar-refractivity contribution is 7.93. The lowest BCUT2D eigenvalue weighted by Gasteiger charge is -2.14. The zero-order chi connectivity index (χ0) is 27.0. The quantitative estimate of drug-likeness (QED) is 0.150. The summed E-state index contributed by atoms with van der Waals surface area (Å²) in [5.41, 5.74) is 4.25. The van der Waals surface area contributed by atoms with Crippen molar-refractivity contribution in [3.8, 4) is 11.5 Å². The molecule has 4 aromatic carbocycles. The number of nitrogens with zero attached hydrogens (tertiary/aromatic N) is 2. The average molecular weight is 533 g/mol. The minimum absolute atomic E-state index is 0.0470. The second kappa shape index (κ2) is 11.9. The number of anilines is 2. The van der Waals surface area contributed by atoms with Crippen molar-refractivity contribution in [2.24, 2.45) is 5.10 Å². The molecule has 0 aliphatic carbocycles. The van der Waals surface area contributed by atoms with Gasteiger partial charge in [0.2, 0.25) is 0 Å². The SMILES string of the molecule is COc1ccccc1NS(=O)(=O)c1cc([N+](=O)[O-])ccc1NN=Cc1cccc(OCc2ccccc2)c1. The largest absolute Gasteiger partial charge is 0.495 e. The molecule has 0 aliphatic rings. The van der Waals surface area contributed by atoms with Crippen molar-refractivity contribution in [3.63, 3.8) is 0 Å². The van der Waals surface area contributed by atoms with Crippen LogP contribution in [0.4, 0.5) is 17.1 Å². The van der Waals surface area contributed by atoms with Crippen LogP contribution < -0.4 is 19.6 Å². The molecule has 4 aromatic rings. The van der Waals surface area contributed by atoms with Gasteiger partial charge in [-0.15, -0.1) is 0 Å². The van der Waals surface area contributed by atoms with Crippen LogP contribution in [0, 0.1) is 10.1 Å². The molecule has 10 nitrogen and oxygen atoms in total. The maximum atomic E-state index is 13.2. The van der Waals surface area contributed by atoms with Crippen molar-refractivity contribution >= 4 is 33.3 Å². The van der Waals surface area contributed by atoms with Crippen molar-refractivity contribution < 1.29 is 22.8 Å². The summed E-state index contributed by atoms with van der Waals surface area (Å²) in [6, 6.07) is 26.8. The molecular weight excluding hydrogens is 508 g/mol. The number of benzene rings is 4. The van der Waals surface area contributed by atoms with Gasteiger partial charge in [-0.05, 0) is 41.5 Å². The fourth-order valence-corrected chi connectivity index (χ4v) is 4.72. The molecule has 0 spiro atoms. The third-order valence-electron chi connectivity index (χ3n) is 5.32. The highest BCUT2D eigenvalue weighted by atomic mass is 32.2. The fourth-order valence-electron chi connectivity index (χ4n) is 3.47. The number of rotatable bonds is 11. The number of hydrazone groups is 1. The number of sulfonamides is 1. The molecule has 0 aliphatic heterocycles. The standard InChI is InChI=1S/C27H24N4O6S/c1-36-26-13-6-5-12-24(26)30-38(34,35)27-17-22(31(32)33)14-15-25(27)29-28-18-21-10-7-11-23(16-21)37-19-20-8-3-2-4-9-20/h2-18,29-30H,19H2,1H3. The van der Waals surface area contributed by atoms with Gasteiger partial charge < -0.3 is 9.47 Å². The molecule has 0 atom stereocenters. The number of nitro benzene ring substituents is 1. The number of para-hydroxylation sites is 2. The Balaban J connectivity index is 1.54. The monoisotopic (exact) mass is 532 g/mol. The van der Waals surface area contributed by atoms with Gasteiger partial charge in [-0.3, -0.25) is 20.3 Å². The highest BCUT2D eigenvalue weighted by Crippen LogP contribution is 2.31. The van der Waals surface area contributed by atoms with Gasteiger partial charge in [0.05, 0.1) is 29.6 Å². The predicted molar refractivity (Wildman–Crippen MR) is 145 cm³/mol. The maximum Gasteiger partial charge on any atom is 0.270 e. The molecule has 0 heterocycles. The van der Waals surface area contributed by atoms with E-state index in [4.69, 9.17) is 9.47 Å². The van der Waals surface area contributed by atoms with Crippen LogP contribution in [-0.4, -0.2) is 26.7 Å². The summed E-state index contributed by atoms with van der Waals surface area (Å²) >= 11 is 0. The molecule has 0 unspecified atom stereocenters. The Kier molecular flexibility index (Phi) is 8.19. The van der Waals surface area contributed by atoms with Crippen LogP contribution in [0.5, 0.6) is 11.5 Å². The summed E-state index contributed by atoms with van der Waals surface area (Å²) in [5.74, 6) is 0.931. The summed E-state index contributed by atoms with van der Waals surface area (Å²) in [7, 11) is -2.85. The van der Waals surface area contributed by atoms with Gasteiger partial charge in [0.15, 0.2) is 0 Å². The summed E-state index contributed by atoms with van der Waals surface area (Å²) in [6.45, 7) is 0.406. The molecule has 0 bridgehead atoms. The Labute approximate surface area is 219 Å². The van der Waals surface area contributed by atoms with E-state index in [0.29, 0.717) is 23.7 Å². The van der Waals surface area contributed by atoms with Crippen LogP contribution in [0.15, 0.2) is 107 Å². The lowest BCUT2D eigenvalue weighted by molar-refractivity contribution is -0.385. The predicted octanol–water partition coefficient (Wildman–Crippen LogP) is 5.43. The smallest absolute Gasteiger partial charge is 0.270 e. The lowest BCUT2D eigenvalue weighted by atomic mass is 10.2. The van der Waals surface area contributed by atoms with Crippen LogP contribution in [-0.2, 0) is 16.6 Å². The van der Waals surface area contributed by atoms with Gasteiger partial charge in [-0.2, -0.15) is 5.10 Å². The molecule has 0 amide bonds. The summed E-state index contributed by atoms with van der Waals surface area (Å²) in [4.78, 5) is 10.3. The van der Waals surface area contributed by atoms with E-state index >= 15 is 0 Å². The third kappa shape index (κ3) is 6.65. The number of nitro groups is 1. The molecule has 38 heavy (non-hydrogen) atoms. The van der Waals surface area contributed by atoms with Crippen molar-refractivity contribution in [1.29, 1.82) is 0 Å². The summed E-state index contributed by atoms with van der Waals surface area (Å²) in [5, 5.41) is 15.5. The Morgan fingerprint density at radius 1 is 0.921 bits per heavy atom. The van der Waals surface area contributed by atoms with Crippen LogP contribution in [0.1, 0.15) is 11.1 Å². The van der Waals surface area contributed by atoms with Crippen molar-refractivity contribution in [3.05, 3.63) is 118 Å². The lowest BCUT2D eigenvalue weighted by Crippen LogP contribution is -2.15. The number of hydrogen-bond donors (Lipinski definition) is 2. The molecule has 0 fully saturated rings. The van der Waals surface area contributed by atoms with E-state index in [9.17, 15) is 18.5 Å². The van der Waals surface area contributed by atoms with Crippen LogP contribution in [0.2, 0.25) is 0 Å². The van der Waals surface area contributed by atoms with Gasteiger partial charge in [-0.1, -0.05) is 54.6 Å². The molecule has 0 radical (unpaired) electrons. The normalized spacial score (nSPS) is 11.2. The zero-order valence-electron chi connectivity index (χ0n) is 20.3. The Bertz CT molecular complexity index is 1560. The van der Waals surface area contributed by atoms with E-state index in [2.05, 4.69) is 15.2 Å². The van der Waals surface area contributed by atoms with E-state index in [1.54, 1.807) is 36.4 Å². The van der Waals surface area contributed by atoms with Gasteiger partial charge in [0.25, 0.3) is 15.7 Å². The molecular formula is C27H24N4O6S. The Hall–Kier alpha value is -4.90. The first-order valence-electron chi connectivity index (χ1n) is 11.4. The van der Waals surface area contributed by atoms with E-state index < -0.39 is 14.9 Å². The van der Waals surface area contributed by atoms with Gasteiger partial charge in [-0.25, -0.2) is 8.42 Å². The van der Waals surface area contributed by atoms with E-state index in [-0.39, 0.29) is 22.0 Å². The van der Waals surface area contributed by atoms with Crippen molar-refractivity contribution in [2.45, 2.75) is 11.5 Å². The Morgan fingerprint density at radius 3 is 2.45 bits per heavy atom. The van der Waals surface area contributed by atoms with Crippen molar-refractivity contribution in [1.82, 2.24) is 0 Å². The van der Waals surface area contributed by atoms with E-state index in [1.165, 1.54) is 31.5 Å². The van der Waals surface area contributed by atoms with Crippen LogP contribution in [0.3, 0.4) is 0 Å². The average Bonchev–Trinajstić information content (AvgIpc) is 2.93. The Morgan fingerprint density at radius 2 is 1.68 bits per heavy atom. The molecule has 11 heteroatoms. The third-order valence-corrected chi connectivity index (χ3v) is 6.73. The first kappa shape index (κ1) is 26.2. The van der Waals surface area contributed by atoms with Crippen molar-refractivity contribution in [2.75, 3.05) is 17.3 Å². The molecule has 4 rings (SSSR count). The number of nitrogens with one attached hydrogen (secondary N) is 2. The highest BCUT2D eigenvalue weighted by Gasteiger charge is 2.23. The molecule has 0 aromatic heterocycles.